The van der Waals surface area contributed by atoms with Gasteiger partial charge in [0.25, 0.3) is 5.91 Å². The Balaban J connectivity index is 1.92. The van der Waals surface area contributed by atoms with Crippen LogP contribution in [0, 0.1) is 0 Å². The van der Waals surface area contributed by atoms with E-state index in [-0.39, 0.29) is 30.9 Å². The summed E-state index contributed by atoms with van der Waals surface area (Å²) in [5.41, 5.74) is 1.95. The van der Waals surface area contributed by atoms with E-state index in [9.17, 15) is 9.59 Å². The lowest BCUT2D eigenvalue weighted by Gasteiger charge is -2.37. The summed E-state index contributed by atoms with van der Waals surface area (Å²) >= 11 is 1.74. The Bertz CT molecular complexity index is 732. The monoisotopic (exact) mass is 341 g/mol. The lowest BCUT2D eigenvalue weighted by Crippen LogP contribution is -2.41. The van der Waals surface area contributed by atoms with Gasteiger partial charge in [-0.1, -0.05) is 49.4 Å². The lowest BCUT2D eigenvalue weighted by molar-refractivity contribution is -0.147. The Hall–Kier alpha value is -2.27. The molecule has 1 heterocycles. The molecule has 1 aliphatic rings. The Kier molecular flexibility index (Phi) is 5.20. The highest BCUT2D eigenvalue weighted by atomic mass is 32.2. The molecule has 0 N–H and O–H groups in total. The molecule has 2 aromatic rings. The number of para-hydroxylation sites is 1. The Morgan fingerprint density at radius 1 is 1.12 bits per heavy atom. The van der Waals surface area contributed by atoms with Gasteiger partial charge < -0.3 is 4.74 Å². The fraction of sp³-hybridized carbons (Fsp3) is 0.263. The van der Waals surface area contributed by atoms with Gasteiger partial charge in [-0.15, -0.1) is 11.8 Å². The van der Waals surface area contributed by atoms with E-state index in [1.165, 1.54) is 0 Å². The number of fused-ring (bicyclic) bond motifs is 1. The highest BCUT2D eigenvalue weighted by molar-refractivity contribution is 7.99. The summed E-state index contributed by atoms with van der Waals surface area (Å²) in [6, 6.07) is 17.7. The summed E-state index contributed by atoms with van der Waals surface area (Å²) in [6.07, 6.45) is 0.266. The molecule has 0 radical (unpaired) electrons. The minimum Gasteiger partial charge on any atom is -0.456 e. The summed E-state index contributed by atoms with van der Waals surface area (Å²) in [5.74, 6) is 0.215. The van der Waals surface area contributed by atoms with Crippen LogP contribution >= 0.6 is 11.8 Å². The molecule has 0 spiro atoms. The molecule has 2 aromatic carbocycles. The molecule has 0 aliphatic carbocycles. The number of ether oxygens (including phenoxy) is 1. The van der Waals surface area contributed by atoms with E-state index < -0.39 is 0 Å². The molecule has 24 heavy (non-hydrogen) atoms. The fourth-order valence-electron chi connectivity index (χ4n) is 2.73. The molecule has 1 amide bonds. The van der Waals surface area contributed by atoms with E-state index in [0.29, 0.717) is 0 Å². The SMILES string of the molecule is CCC(=O)OCC(=O)N1c2ccccc2SC[C@H]1c1ccccc1. The quantitative estimate of drug-likeness (QED) is 0.793. The first-order valence-electron chi connectivity index (χ1n) is 7.95. The van der Waals surface area contributed by atoms with Gasteiger partial charge in [0, 0.05) is 17.1 Å². The van der Waals surface area contributed by atoms with Crippen molar-refractivity contribution >= 4 is 29.3 Å². The average Bonchev–Trinajstić information content (AvgIpc) is 2.65. The summed E-state index contributed by atoms with van der Waals surface area (Å²) in [5, 5.41) is 0. The topological polar surface area (TPSA) is 46.6 Å². The number of thioether (sulfide) groups is 1. The summed E-state index contributed by atoms with van der Waals surface area (Å²) in [7, 11) is 0. The van der Waals surface area contributed by atoms with Crippen molar-refractivity contribution in [2.75, 3.05) is 17.3 Å². The van der Waals surface area contributed by atoms with Crippen LogP contribution in [0.2, 0.25) is 0 Å². The molecule has 124 valence electrons. The van der Waals surface area contributed by atoms with Crippen LogP contribution in [0.25, 0.3) is 0 Å². The van der Waals surface area contributed by atoms with Crippen molar-refractivity contribution in [3.05, 3.63) is 60.2 Å². The smallest absolute Gasteiger partial charge is 0.306 e. The highest BCUT2D eigenvalue weighted by Crippen LogP contribution is 2.43. The zero-order chi connectivity index (χ0) is 16.9. The molecule has 5 heteroatoms. The zero-order valence-corrected chi connectivity index (χ0v) is 14.3. The van der Waals surface area contributed by atoms with Crippen molar-refractivity contribution < 1.29 is 14.3 Å². The molecule has 0 aromatic heterocycles. The molecule has 0 fully saturated rings. The van der Waals surface area contributed by atoms with Gasteiger partial charge in [0.2, 0.25) is 0 Å². The Morgan fingerprint density at radius 2 is 1.83 bits per heavy atom. The molecular formula is C19H19NO3S. The number of benzene rings is 2. The second-order valence-electron chi connectivity index (χ2n) is 5.48. The van der Waals surface area contributed by atoms with Crippen molar-refractivity contribution in [2.24, 2.45) is 0 Å². The largest absolute Gasteiger partial charge is 0.456 e. The molecule has 0 saturated heterocycles. The fourth-order valence-corrected chi connectivity index (χ4v) is 3.90. The molecule has 3 rings (SSSR count). The molecule has 1 atom stereocenters. The third-order valence-corrected chi connectivity index (χ3v) is 5.07. The van der Waals surface area contributed by atoms with Crippen molar-refractivity contribution in [3.8, 4) is 0 Å². The van der Waals surface area contributed by atoms with Gasteiger partial charge >= 0.3 is 5.97 Å². The van der Waals surface area contributed by atoms with Gasteiger partial charge in [-0.2, -0.15) is 0 Å². The average molecular weight is 341 g/mol. The van der Waals surface area contributed by atoms with Gasteiger partial charge in [0.1, 0.15) is 0 Å². The second kappa shape index (κ2) is 7.53. The van der Waals surface area contributed by atoms with Crippen LogP contribution in [0.5, 0.6) is 0 Å². The van der Waals surface area contributed by atoms with Gasteiger partial charge in [0.15, 0.2) is 6.61 Å². The number of anilines is 1. The first-order valence-corrected chi connectivity index (χ1v) is 8.93. The normalized spacial score (nSPS) is 16.4. The number of amides is 1. The number of hydrogen-bond donors (Lipinski definition) is 0. The van der Waals surface area contributed by atoms with Gasteiger partial charge in [-0.05, 0) is 17.7 Å². The van der Waals surface area contributed by atoms with Crippen LogP contribution in [-0.4, -0.2) is 24.2 Å². The maximum Gasteiger partial charge on any atom is 0.306 e. The number of hydrogen-bond acceptors (Lipinski definition) is 4. The first-order chi connectivity index (χ1) is 11.7. The van der Waals surface area contributed by atoms with Crippen LogP contribution < -0.4 is 4.90 Å². The molecule has 0 bridgehead atoms. The van der Waals surface area contributed by atoms with Crippen molar-refractivity contribution in [2.45, 2.75) is 24.3 Å². The van der Waals surface area contributed by atoms with Gasteiger partial charge in [-0.3, -0.25) is 14.5 Å². The number of rotatable bonds is 4. The van der Waals surface area contributed by atoms with E-state index >= 15 is 0 Å². The van der Waals surface area contributed by atoms with Crippen LogP contribution in [0.3, 0.4) is 0 Å². The maximum absolute atomic E-state index is 12.8. The molecule has 0 unspecified atom stereocenters. The predicted molar refractivity (Wildman–Crippen MR) is 95.1 cm³/mol. The minimum atomic E-state index is -0.362. The Labute approximate surface area is 145 Å². The summed E-state index contributed by atoms with van der Waals surface area (Å²) < 4.78 is 5.07. The number of nitrogens with zero attached hydrogens (tertiary/aromatic N) is 1. The third kappa shape index (κ3) is 3.46. The van der Waals surface area contributed by atoms with Gasteiger partial charge in [-0.25, -0.2) is 0 Å². The van der Waals surface area contributed by atoms with E-state index in [2.05, 4.69) is 0 Å². The zero-order valence-electron chi connectivity index (χ0n) is 13.5. The molecule has 0 saturated carbocycles. The summed E-state index contributed by atoms with van der Waals surface area (Å²) in [6.45, 7) is 1.49. The Morgan fingerprint density at radius 3 is 2.58 bits per heavy atom. The second-order valence-corrected chi connectivity index (χ2v) is 6.55. The van der Waals surface area contributed by atoms with Gasteiger partial charge in [0.05, 0.1) is 11.7 Å². The van der Waals surface area contributed by atoms with Crippen LogP contribution in [0.15, 0.2) is 59.5 Å². The van der Waals surface area contributed by atoms with Crippen molar-refractivity contribution in [1.82, 2.24) is 0 Å². The van der Waals surface area contributed by atoms with E-state index in [4.69, 9.17) is 4.74 Å². The minimum absolute atomic E-state index is 0.0704. The van der Waals surface area contributed by atoms with Crippen molar-refractivity contribution in [1.29, 1.82) is 0 Å². The first kappa shape index (κ1) is 16.6. The van der Waals surface area contributed by atoms with Crippen molar-refractivity contribution in [3.63, 3.8) is 0 Å². The third-order valence-electron chi connectivity index (χ3n) is 3.93. The maximum atomic E-state index is 12.8. The molecule has 1 aliphatic heterocycles. The highest BCUT2D eigenvalue weighted by Gasteiger charge is 2.32. The number of carbonyl (C=O) groups excluding carboxylic acids is 2. The van der Waals surface area contributed by atoms with Crippen LogP contribution in [0.4, 0.5) is 5.69 Å². The van der Waals surface area contributed by atoms with E-state index in [1.54, 1.807) is 23.6 Å². The molecular weight excluding hydrogens is 322 g/mol. The number of carbonyl (C=O) groups is 2. The van der Waals surface area contributed by atoms with E-state index in [1.807, 2.05) is 54.6 Å². The molecule has 4 nitrogen and oxygen atoms in total. The number of esters is 1. The standard InChI is InChI=1S/C19H19NO3S/c1-2-19(22)23-12-18(21)20-15-10-6-7-11-17(15)24-13-16(20)14-8-4-3-5-9-14/h3-11,16H,2,12-13H2,1H3/t16-/m0/s1. The van der Waals surface area contributed by atoms with Crippen LogP contribution in [-0.2, 0) is 14.3 Å². The van der Waals surface area contributed by atoms with E-state index in [0.717, 1.165) is 21.9 Å². The predicted octanol–water partition coefficient (Wildman–Crippen LogP) is 3.82. The van der Waals surface area contributed by atoms with Crippen LogP contribution in [0.1, 0.15) is 24.9 Å². The lowest BCUT2D eigenvalue weighted by atomic mass is 10.1. The summed E-state index contributed by atoms with van der Waals surface area (Å²) in [4.78, 5) is 27.0.